The lowest BCUT2D eigenvalue weighted by Crippen LogP contribution is -2.45. The van der Waals surface area contributed by atoms with Crippen molar-refractivity contribution in [1.29, 1.82) is 0 Å². The molecule has 1 N–H and O–H groups in total. The molecule has 2 rings (SSSR count). The number of benzene rings is 1. The van der Waals surface area contributed by atoms with Crippen molar-refractivity contribution in [2.45, 2.75) is 36.5 Å². The minimum absolute atomic E-state index is 0.0289. The second kappa shape index (κ2) is 5.07. The number of hydrogen-bond donors (Lipinski definition) is 1. The zero-order chi connectivity index (χ0) is 13.4. The van der Waals surface area contributed by atoms with Crippen LogP contribution in [-0.2, 0) is 10.0 Å². The predicted octanol–water partition coefficient (Wildman–Crippen LogP) is 2.82. The Morgan fingerprint density at radius 3 is 2.39 bits per heavy atom. The number of aryl methyl sites for hydroxylation is 1. The summed E-state index contributed by atoms with van der Waals surface area (Å²) >= 11 is 0. The first-order valence-corrected chi connectivity index (χ1v) is 9.51. The largest absolute Gasteiger partial charge is 0.240 e. The van der Waals surface area contributed by atoms with Crippen molar-refractivity contribution in [2.75, 3.05) is 5.75 Å². The normalized spacial score (nSPS) is 23.2. The number of sulfonamides is 1. The minimum Gasteiger partial charge on any atom is -0.207 e. The van der Waals surface area contributed by atoms with Crippen molar-refractivity contribution in [1.82, 2.24) is 4.72 Å². The average molecular weight is 303 g/mol. The predicted molar refractivity (Wildman–Crippen MR) is 79.4 cm³/mol. The van der Waals surface area contributed by atoms with Crippen molar-refractivity contribution in [3.05, 3.63) is 29.8 Å². The third-order valence-electron chi connectivity index (χ3n) is 2.98. The maximum absolute atomic E-state index is 12.3. The van der Waals surface area contributed by atoms with Crippen LogP contribution < -0.4 is 4.72 Å². The number of hydrogen-bond acceptors (Lipinski definition) is 4. The molecule has 1 atom stereocenters. The molecule has 1 aromatic rings. The van der Waals surface area contributed by atoms with Gasteiger partial charge in [-0.1, -0.05) is 39.3 Å². The zero-order valence-corrected chi connectivity index (χ0v) is 13.1. The second-order valence-corrected chi connectivity index (χ2v) is 9.67. The highest BCUT2D eigenvalue weighted by atomic mass is 33.1. The summed E-state index contributed by atoms with van der Waals surface area (Å²) in [5.41, 5.74) is 1.06. The molecule has 100 valence electrons. The topological polar surface area (TPSA) is 46.2 Å². The van der Waals surface area contributed by atoms with Gasteiger partial charge in [-0.25, -0.2) is 13.1 Å². The molecule has 0 saturated carbocycles. The van der Waals surface area contributed by atoms with E-state index in [2.05, 4.69) is 18.6 Å². The summed E-state index contributed by atoms with van der Waals surface area (Å²) in [6, 6.07) is 6.91. The van der Waals surface area contributed by atoms with Crippen LogP contribution in [0, 0.1) is 6.92 Å². The lowest BCUT2D eigenvalue weighted by Gasteiger charge is -2.25. The standard InChI is InChI=1S/C12H17NO2S3/c1-9-4-6-10(7-5-9)18(14,15)13-11-8-16-17-12(11,2)3/h4-7,11,13H,8H2,1-3H3/t11-/m1/s1. The minimum atomic E-state index is -3.41. The quantitative estimate of drug-likeness (QED) is 0.872. The highest BCUT2D eigenvalue weighted by molar-refractivity contribution is 8.77. The Hall–Kier alpha value is -0.170. The van der Waals surface area contributed by atoms with Crippen molar-refractivity contribution in [3.63, 3.8) is 0 Å². The summed E-state index contributed by atoms with van der Waals surface area (Å²) in [6.07, 6.45) is 0. The first-order chi connectivity index (χ1) is 8.31. The lowest BCUT2D eigenvalue weighted by molar-refractivity contribution is 0.519. The highest BCUT2D eigenvalue weighted by Gasteiger charge is 2.38. The summed E-state index contributed by atoms with van der Waals surface area (Å²) in [7, 11) is 0.0447. The fraction of sp³-hybridized carbons (Fsp3) is 0.500. The molecular formula is C12H17NO2S3. The van der Waals surface area contributed by atoms with E-state index in [4.69, 9.17) is 0 Å². The van der Waals surface area contributed by atoms with Crippen LogP contribution in [-0.4, -0.2) is 25.0 Å². The molecular weight excluding hydrogens is 286 g/mol. The summed E-state index contributed by atoms with van der Waals surface area (Å²) in [5.74, 6) is 0.808. The van der Waals surface area contributed by atoms with E-state index < -0.39 is 10.0 Å². The third-order valence-corrected chi connectivity index (χ3v) is 7.82. The van der Waals surface area contributed by atoms with Crippen molar-refractivity contribution in [3.8, 4) is 0 Å². The molecule has 1 saturated heterocycles. The van der Waals surface area contributed by atoms with Gasteiger partial charge < -0.3 is 0 Å². The molecule has 0 aromatic heterocycles. The summed E-state index contributed by atoms with van der Waals surface area (Å²) < 4.78 is 27.3. The number of rotatable bonds is 3. The Morgan fingerprint density at radius 1 is 1.28 bits per heavy atom. The summed E-state index contributed by atoms with van der Waals surface area (Å²) in [4.78, 5) is 0.339. The van der Waals surface area contributed by atoms with Crippen molar-refractivity contribution < 1.29 is 8.42 Å². The maximum atomic E-state index is 12.3. The van der Waals surface area contributed by atoms with Crippen molar-refractivity contribution in [2.24, 2.45) is 0 Å². The molecule has 6 heteroatoms. The van der Waals surface area contributed by atoms with Gasteiger partial charge in [-0.15, -0.1) is 0 Å². The molecule has 0 aliphatic carbocycles. The van der Waals surface area contributed by atoms with Crippen LogP contribution in [0.15, 0.2) is 29.2 Å². The SMILES string of the molecule is Cc1ccc(S(=O)(=O)N[C@@H]2CSSC2(C)C)cc1. The maximum Gasteiger partial charge on any atom is 0.240 e. The molecule has 1 aromatic carbocycles. The lowest BCUT2D eigenvalue weighted by atomic mass is 10.1. The molecule has 1 fully saturated rings. The second-order valence-electron chi connectivity index (χ2n) is 4.96. The Balaban J connectivity index is 2.20. The molecule has 0 radical (unpaired) electrons. The van der Waals surface area contributed by atoms with Crippen LogP contribution in [0.5, 0.6) is 0 Å². The van der Waals surface area contributed by atoms with E-state index in [0.717, 1.165) is 11.3 Å². The summed E-state index contributed by atoms with van der Waals surface area (Å²) in [5, 5.41) is 0. The molecule has 18 heavy (non-hydrogen) atoms. The van der Waals surface area contributed by atoms with E-state index >= 15 is 0 Å². The molecule has 0 bridgehead atoms. The van der Waals surface area contributed by atoms with Gasteiger partial charge in [-0.05, 0) is 32.9 Å². The molecule has 0 amide bonds. The van der Waals surface area contributed by atoms with E-state index in [9.17, 15) is 8.42 Å². The van der Waals surface area contributed by atoms with Crippen LogP contribution in [0.25, 0.3) is 0 Å². The summed E-state index contributed by atoms with van der Waals surface area (Å²) in [6.45, 7) is 6.08. The van der Waals surface area contributed by atoms with Gasteiger partial charge in [0.25, 0.3) is 0 Å². The van der Waals surface area contributed by atoms with Gasteiger partial charge in [0.15, 0.2) is 0 Å². The van der Waals surface area contributed by atoms with Gasteiger partial charge >= 0.3 is 0 Å². The Bertz CT molecular complexity index is 523. The fourth-order valence-electron chi connectivity index (χ4n) is 1.66. The van der Waals surface area contributed by atoms with E-state index in [0.29, 0.717) is 4.90 Å². The van der Waals surface area contributed by atoms with E-state index in [1.54, 1.807) is 33.7 Å². The molecule has 1 aliphatic rings. The van der Waals surface area contributed by atoms with Gasteiger partial charge in [0, 0.05) is 16.5 Å². The molecule has 0 spiro atoms. The van der Waals surface area contributed by atoms with Gasteiger partial charge in [-0.2, -0.15) is 0 Å². The van der Waals surface area contributed by atoms with Crippen LogP contribution in [0.3, 0.4) is 0 Å². The van der Waals surface area contributed by atoms with Crippen LogP contribution in [0.2, 0.25) is 0 Å². The Morgan fingerprint density at radius 2 is 1.89 bits per heavy atom. The van der Waals surface area contributed by atoms with Crippen LogP contribution >= 0.6 is 21.6 Å². The van der Waals surface area contributed by atoms with Crippen LogP contribution in [0.4, 0.5) is 0 Å². The van der Waals surface area contributed by atoms with Crippen molar-refractivity contribution >= 4 is 31.6 Å². The average Bonchev–Trinajstić information content (AvgIpc) is 2.58. The molecule has 1 aliphatic heterocycles. The zero-order valence-electron chi connectivity index (χ0n) is 10.6. The first kappa shape index (κ1) is 14.2. The molecule has 0 unspecified atom stereocenters. The van der Waals surface area contributed by atoms with Crippen LogP contribution in [0.1, 0.15) is 19.4 Å². The molecule has 3 nitrogen and oxygen atoms in total. The third kappa shape index (κ3) is 3.04. The first-order valence-electron chi connectivity index (χ1n) is 5.71. The molecule has 1 heterocycles. The van der Waals surface area contributed by atoms with Gasteiger partial charge in [-0.3, -0.25) is 0 Å². The van der Waals surface area contributed by atoms with E-state index in [1.807, 2.05) is 19.1 Å². The Kier molecular flexibility index (Phi) is 4.02. The van der Waals surface area contributed by atoms with E-state index in [-0.39, 0.29) is 10.8 Å². The highest BCUT2D eigenvalue weighted by Crippen LogP contribution is 2.46. The fourth-order valence-corrected chi connectivity index (χ4v) is 6.47. The van der Waals surface area contributed by atoms with Gasteiger partial charge in [0.2, 0.25) is 10.0 Å². The monoisotopic (exact) mass is 303 g/mol. The number of nitrogens with one attached hydrogen (secondary N) is 1. The Labute approximate surface area is 117 Å². The smallest absolute Gasteiger partial charge is 0.207 e. The van der Waals surface area contributed by atoms with Gasteiger partial charge in [0.05, 0.1) is 4.90 Å². The van der Waals surface area contributed by atoms with E-state index in [1.165, 1.54) is 0 Å². The van der Waals surface area contributed by atoms with Gasteiger partial charge in [0.1, 0.15) is 0 Å².